The van der Waals surface area contributed by atoms with Crippen molar-refractivity contribution in [1.29, 1.82) is 0 Å². The molecule has 0 radical (unpaired) electrons. The number of aliphatic carboxylic acids is 1. The van der Waals surface area contributed by atoms with E-state index in [0.717, 1.165) is 42.5 Å². The summed E-state index contributed by atoms with van der Waals surface area (Å²) in [5.41, 5.74) is 3.31. The van der Waals surface area contributed by atoms with Crippen molar-refractivity contribution in [3.63, 3.8) is 0 Å². The van der Waals surface area contributed by atoms with Crippen molar-refractivity contribution in [1.82, 2.24) is 19.9 Å². The van der Waals surface area contributed by atoms with Crippen molar-refractivity contribution in [3.8, 4) is 11.1 Å². The number of aromatic nitrogens is 3. The number of rotatable bonds is 8. The van der Waals surface area contributed by atoms with Crippen LogP contribution in [0, 0.1) is 5.82 Å². The van der Waals surface area contributed by atoms with Crippen LogP contribution >= 0.6 is 11.8 Å². The van der Waals surface area contributed by atoms with Crippen LogP contribution in [0.15, 0.2) is 36.7 Å². The van der Waals surface area contributed by atoms with E-state index in [1.807, 2.05) is 6.26 Å². The summed E-state index contributed by atoms with van der Waals surface area (Å²) in [5, 5.41) is 16.6. The molecule has 33 heavy (non-hydrogen) atoms. The van der Waals surface area contributed by atoms with Crippen molar-refractivity contribution < 1.29 is 19.1 Å². The molecule has 7 nitrogen and oxygen atoms in total. The maximum Gasteiger partial charge on any atom is 0.326 e. The summed E-state index contributed by atoms with van der Waals surface area (Å²) in [4.78, 5) is 29.1. The SMILES string of the molecule is CSCC[C@H](NC(=O)c1cnn2c(C3CCCCC3)c(-c3ccc(F)cc3)cnc12)C(=O)O. The highest BCUT2D eigenvalue weighted by atomic mass is 32.2. The van der Waals surface area contributed by atoms with Gasteiger partial charge in [0, 0.05) is 17.7 Å². The number of carbonyl (C=O) groups excluding carboxylic acids is 1. The number of hydrogen-bond donors (Lipinski definition) is 2. The Balaban J connectivity index is 1.75. The Morgan fingerprint density at radius 1 is 1.21 bits per heavy atom. The first-order valence-corrected chi connectivity index (χ1v) is 12.5. The van der Waals surface area contributed by atoms with Crippen LogP contribution in [-0.2, 0) is 4.79 Å². The second kappa shape index (κ2) is 10.3. The van der Waals surface area contributed by atoms with Gasteiger partial charge in [0.25, 0.3) is 5.91 Å². The molecule has 0 aliphatic heterocycles. The van der Waals surface area contributed by atoms with Gasteiger partial charge < -0.3 is 10.4 Å². The van der Waals surface area contributed by atoms with Gasteiger partial charge in [-0.05, 0) is 49.0 Å². The fourth-order valence-electron chi connectivity index (χ4n) is 4.46. The molecule has 1 atom stereocenters. The zero-order valence-electron chi connectivity index (χ0n) is 18.5. The van der Waals surface area contributed by atoms with E-state index in [0.29, 0.717) is 17.8 Å². The van der Waals surface area contributed by atoms with Gasteiger partial charge in [-0.15, -0.1) is 0 Å². The van der Waals surface area contributed by atoms with E-state index in [9.17, 15) is 19.1 Å². The largest absolute Gasteiger partial charge is 0.480 e. The second-order valence-corrected chi connectivity index (χ2v) is 9.32. The molecule has 0 saturated heterocycles. The van der Waals surface area contributed by atoms with Crippen LogP contribution in [0.25, 0.3) is 16.8 Å². The van der Waals surface area contributed by atoms with E-state index in [-0.39, 0.29) is 17.3 Å². The monoisotopic (exact) mass is 470 g/mol. The lowest BCUT2D eigenvalue weighted by molar-refractivity contribution is -0.139. The number of carboxylic acids is 1. The third-order valence-corrected chi connectivity index (χ3v) is 6.81. The lowest BCUT2D eigenvalue weighted by atomic mass is 9.84. The second-order valence-electron chi connectivity index (χ2n) is 8.34. The first-order valence-electron chi connectivity index (χ1n) is 11.1. The highest BCUT2D eigenvalue weighted by Crippen LogP contribution is 2.38. The van der Waals surface area contributed by atoms with Crippen LogP contribution in [0.5, 0.6) is 0 Å². The van der Waals surface area contributed by atoms with Gasteiger partial charge in [0.1, 0.15) is 17.4 Å². The van der Waals surface area contributed by atoms with Crippen LogP contribution in [0.3, 0.4) is 0 Å². The molecule has 1 fully saturated rings. The summed E-state index contributed by atoms with van der Waals surface area (Å²) in [6.45, 7) is 0. The first kappa shape index (κ1) is 23.2. The van der Waals surface area contributed by atoms with Crippen molar-refractivity contribution in [2.24, 2.45) is 0 Å². The van der Waals surface area contributed by atoms with Crippen molar-refractivity contribution in [2.75, 3.05) is 12.0 Å². The van der Waals surface area contributed by atoms with Crippen LogP contribution < -0.4 is 5.32 Å². The highest BCUT2D eigenvalue weighted by Gasteiger charge is 2.27. The minimum absolute atomic E-state index is 0.244. The molecule has 2 N–H and O–H groups in total. The lowest BCUT2D eigenvalue weighted by Gasteiger charge is -2.25. The molecule has 1 saturated carbocycles. The van der Waals surface area contributed by atoms with Gasteiger partial charge in [-0.2, -0.15) is 16.9 Å². The Morgan fingerprint density at radius 3 is 2.61 bits per heavy atom. The Morgan fingerprint density at radius 2 is 1.94 bits per heavy atom. The molecule has 4 rings (SSSR count). The molecule has 1 aromatic carbocycles. The van der Waals surface area contributed by atoms with Gasteiger partial charge in [-0.25, -0.2) is 18.7 Å². The van der Waals surface area contributed by atoms with Gasteiger partial charge in [0.05, 0.1) is 11.9 Å². The van der Waals surface area contributed by atoms with E-state index in [1.54, 1.807) is 22.8 Å². The molecule has 1 amide bonds. The Hall–Kier alpha value is -2.94. The van der Waals surface area contributed by atoms with Gasteiger partial charge in [0.15, 0.2) is 5.65 Å². The molecular formula is C24H27FN4O3S. The van der Waals surface area contributed by atoms with Gasteiger partial charge in [0.2, 0.25) is 0 Å². The predicted molar refractivity (Wildman–Crippen MR) is 126 cm³/mol. The third-order valence-electron chi connectivity index (χ3n) is 6.17. The van der Waals surface area contributed by atoms with Crippen molar-refractivity contribution >= 4 is 29.3 Å². The highest BCUT2D eigenvalue weighted by molar-refractivity contribution is 7.98. The molecule has 3 aromatic rings. The van der Waals surface area contributed by atoms with E-state index >= 15 is 0 Å². The molecule has 1 aliphatic carbocycles. The minimum atomic E-state index is -1.07. The average molecular weight is 471 g/mol. The van der Waals surface area contributed by atoms with E-state index in [2.05, 4.69) is 15.4 Å². The van der Waals surface area contributed by atoms with Crippen LogP contribution in [0.1, 0.15) is 60.5 Å². The number of carbonyl (C=O) groups is 2. The van der Waals surface area contributed by atoms with Gasteiger partial charge in [-0.1, -0.05) is 31.4 Å². The number of nitrogens with one attached hydrogen (secondary N) is 1. The van der Waals surface area contributed by atoms with E-state index in [1.165, 1.54) is 36.5 Å². The molecule has 1 aliphatic rings. The number of amides is 1. The molecule has 9 heteroatoms. The quantitative estimate of drug-likeness (QED) is 0.503. The zero-order valence-corrected chi connectivity index (χ0v) is 19.3. The number of nitrogens with zero attached hydrogens (tertiary/aromatic N) is 3. The Kier molecular flexibility index (Phi) is 7.27. The standard InChI is InChI=1S/C24H27FN4O3S/c1-33-12-11-20(24(31)32)28-23(30)19-14-27-29-21(16-5-3-2-4-6-16)18(13-26-22(19)29)15-7-9-17(25)10-8-15/h7-10,13-14,16,20H,2-6,11-12H2,1H3,(H,28,30)(H,31,32)/t20-/m0/s1. The van der Waals surface area contributed by atoms with Crippen molar-refractivity contribution in [3.05, 3.63) is 53.7 Å². The van der Waals surface area contributed by atoms with E-state index < -0.39 is 17.9 Å². The third kappa shape index (κ3) is 5.03. The summed E-state index contributed by atoms with van der Waals surface area (Å²) in [6, 6.07) is 5.33. The van der Waals surface area contributed by atoms with Crippen LogP contribution in [0.2, 0.25) is 0 Å². The van der Waals surface area contributed by atoms with Gasteiger partial charge in [-0.3, -0.25) is 4.79 Å². The normalized spacial score (nSPS) is 15.5. The molecule has 2 heterocycles. The fraction of sp³-hybridized carbons (Fsp3) is 0.417. The minimum Gasteiger partial charge on any atom is -0.480 e. The fourth-order valence-corrected chi connectivity index (χ4v) is 4.93. The number of fused-ring (bicyclic) bond motifs is 1. The summed E-state index contributed by atoms with van der Waals surface area (Å²) < 4.78 is 15.2. The molecule has 174 valence electrons. The Labute approximate surface area is 195 Å². The average Bonchev–Trinajstić information content (AvgIpc) is 3.26. The maximum absolute atomic E-state index is 13.5. The maximum atomic E-state index is 13.5. The smallest absolute Gasteiger partial charge is 0.326 e. The lowest BCUT2D eigenvalue weighted by Crippen LogP contribution is -2.41. The molecular weight excluding hydrogens is 443 g/mol. The zero-order chi connectivity index (χ0) is 23.4. The van der Waals surface area contributed by atoms with Gasteiger partial charge >= 0.3 is 5.97 Å². The summed E-state index contributed by atoms with van der Waals surface area (Å²) in [7, 11) is 0. The molecule has 2 aromatic heterocycles. The van der Waals surface area contributed by atoms with E-state index in [4.69, 9.17) is 0 Å². The molecule has 0 unspecified atom stereocenters. The molecule has 0 bridgehead atoms. The number of thioether (sulfide) groups is 1. The molecule has 0 spiro atoms. The summed E-state index contributed by atoms with van der Waals surface area (Å²) >= 11 is 1.53. The number of halogens is 1. The predicted octanol–water partition coefficient (Wildman–Crippen LogP) is 4.52. The van der Waals surface area contributed by atoms with Crippen LogP contribution in [-0.4, -0.2) is 49.6 Å². The number of benzene rings is 1. The number of hydrogen-bond acceptors (Lipinski definition) is 5. The first-order chi connectivity index (χ1) is 16.0. The van der Waals surface area contributed by atoms with Crippen molar-refractivity contribution in [2.45, 2.75) is 50.5 Å². The number of carboxylic acid groups (broad SMARTS) is 1. The topological polar surface area (TPSA) is 96.6 Å². The van der Waals surface area contributed by atoms with Crippen LogP contribution in [0.4, 0.5) is 4.39 Å². The summed E-state index contributed by atoms with van der Waals surface area (Å²) in [6.07, 6.45) is 10.8. The summed E-state index contributed by atoms with van der Waals surface area (Å²) in [5.74, 6) is -1.01. The Bertz CT molecular complexity index is 1140.